The molecule has 2 aromatic rings. The van der Waals surface area contributed by atoms with Gasteiger partial charge >= 0.3 is 0 Å². The minimum Gasteiger partial charge on any atom is -0.419 e. The highest BCUT2D eigenvalue weighted by Gasteiger charge is 2.15. The zero-order chi connectivity index (χ0) is 11.7. The minimum atomic E-state index is -0.00598. The molecule has 0 aliphatic carbocycles. The molecule has 2 rings (SSSR count). The van der Waals surface area contributed by atoms with E-state index in [1.54, 1.807) is 18.2 Å². The lowest BCUT2D eigenvalue weighted by atomic mass is 10.2. The molecule has 0 spiro atoms. The van der Waals surface area contributed by atoms with Gasteiger partial charge in [0.1, 0.15) is 6.07 Å². The van der Waals surface area contributed by atoms with Gasteiger partial charge in [-0.25, -0.2) is 0 Å². The first-order chi connectivity index (χ1) is 7.63. The predicted octanol–water partition coefficient (Wildman–Crippen LogP) is 3.21. The van der Waals surface area contributed by atoms with Crippen molar-refractivity contribution in [2.75, 3.05) is 5.73 Å². The summed E-state index contributed by atoms with van der Waals surface area (Å²) in [5.74, 6) is 0.230. The molecule has 4 nitrogen and oxygen atoms in total. The third-order valence-corrected chi connectivity index (χ3v) is 3.24. The van der Waals surface area contributed by atoms with E-state index in [4.69, 9.17) is 27.0 Å². The molecule has 0 amide bonds. The summed E-state index contributed by atoms with van der Waals surface area (Å²) in [6.07, 6.45) is 0. The number of benzene rings is 1. The van der Waals surface area contributed by atoms with Gasteiger partial charge in [0.15, 0.2) is 0 Å². The van der Waals surface area contributed by atoms with Crippen molar-refractivity contribution < 1.29 is 4.42 Å². The van der Waals surface area contributed by atoms with Gasteiger partial charge in [-0.15, -0.1) is 0 Å². The number of nitrogen functional groups attached to an aromatic ring is 1. The number of hydrogen-bond acceptors (Lipinski definition) is 4. The van der Waals surface area contributed by atoms with Gasteiger partial charge < -0.3 is 10.2 Å². The number of aromatic nitrogens is 1. The summed E-state index contributed by atoms with van der Waals surface area (Å²) in [6.45, 7) is 0. The van der Waals surface area contributed by atoms with Crippen molar-refractivity contribution in [3.63, 3.8) is 0 Å². The Balaban J connectivity index is 2.60. The third-order valence-electron chi connectivity index (χ3n) is 1.94. The van der Waals surface area contributed by atoms with Gasteiger partial charge in [0.2, 0.25) is 17.5 Å². The smallest absolute Gasteiger partial charge is 0.231 e. The van der Waals surface area contributed by atoms with Crippen LogP contribution < -0.4 is 5.73 Å². The fraction of sp³-hybridized carbons (Fsp3) is 0. The zero-order valence-corrected chi connectivity index (χ0v) is 10.2. The van der Waals surface area contributed by atoms with E-state index in [-0.39, 0.29) is 17.5 Å². The molecule has 0 aliphatic heterocycles. The van der Waals surface area contributed by atoms with Crippen LogP contribution in [0.3, 0.4) is 0 Å². The molecule has 0 saturated carbocycles. The zero-order valence-electron chi connectivity index (χ0n) is 7.87. The number of hydrogen-bond donors (Lipinski definition) is 1. The van der Waals surface area contributed by atoms with Crippen molar-refractivity contribution in [1.82, 2.24) is 4.98 Å². The van der Waals surface area contributed by atoms with Crippen molar-refractivity contribution in [2.24, 2.45) is 0 Å². The number of nitrogens with zero attached hydrogens (tertiary/aromatic N) is 2. The molecule has 1 heterocycles. The van der Waals surface area contributed by atoms with Gasteiger partial charge in [-0.05, 0) is 28.1 Å². The first kappa shape index (κ1) is 11.0. The Labute approximate surface area is 105 Å². The van der Waals surface area contributed by atoms with E-state index in [2.05, 4.69) is 20.9 Å². The Hall–Kier alpha value is -1.51. The maximum absolute atomic E-state index is 8.71. The highest BCUT2D eigenvalue weighted by atomic mass is 79.9. The molecule has 1 aromatic heterocycles. The normalized spacial score (nSPS) is 10.1. The molecule has 0 radical (unpaired) electrons. The molecule has 0 bridgehead atoms. The second-order valence-electron chi connectivity index (χ2n) is 2.95. The quantitative estimate of drug-likeness (QED) is 0.877. The maximum Gasteiger partial charge on any atom is 0.231 e. The van der Waals surface area contributed by atoms with Crippen molar-refractivity contribution in [2.45, 2.75) is 0 Å². The van der Waals surface area contributed by atoms with Crippen LogP contribution in [0.2, 0.25) is 5.02 Å². The van der Waals surface area contributed by atoms with Crippen LogP contribution in [0.4, 0.5) is 5.88 Å². The van der Waals surface area contributed by atoms with Crippen LogP contribution >= 0.6 is 27.5 Å². The average molecular weight is 299 g/mol. The topological polar surface area (TPSA) is 75.8 Å². The minimum absolute atomic E-state index is 0.00598. The standard InChI is InChI=1S/C10H5BrClN3O/c11-6-3-1-2-5(8(6)12)10-15-7(4-13)9(14)16-10/h1-3H,14H2. The number of nitrogens with two attached hydrogens (primary N) is 1. The largest absolute Gasteiger partial charge is 0.419 e. The van der Waals surface area contributed by atoms with Crippen LogP contribution in [0.1, 0.15) is 5.69 Å². The number of nitriles is 1. The molecule has 0 unspecified atom stereocenters. The molecule has 6 heteroatoms. The summed E-state index contributed by atoms with van der Waals surface area (Å²) in [4.78, 5) is 3.94. The Bertz CT molecular complexity index is 588. The summed E-state index contributed by atoms with van der Waals surface area (Å²) < 4.78 is 5.89. The van der Waals surface area contributed by atoms with E-state index in [1.807, 2.05) is 6.07 Å². The number of halogens is 2. The monoisotopic (exact) mass is 297 g/mol. The Morgan fingerprint density at radius 2 is 2.25 bits per heavy atom. The van der Waals surface area contributed by atoms with Crippen LogP contribution in [-0.2, 0) is 0 Å². The van der Waals surface area contributed by atoms with Crippen LogP contribution in [0, 0.1) is 11.3 Å². The summed E-state index contributed by atoms with van der Waals surface area (Å²) in [6, 6.07) is 7.15. The Kier molecular flexibility index (Phi) is 2.86. The van der Waals surface area contributed by atoms with Gasteiger partial charge in [0.25, 0.3) is 0 Å². The van der Waals surface area contributed by atoms with E-state index in [1.165, 1.54) is 0 Å². The molecule has 80 valence electrons. The van der Waals surface area contributed by atoms with Gasteiger partial charge in [-0.3, -0.25) is 0 Å². The summed E-state index contributed by atoms with van der Waals surface area (Å²) in [7, 11) is 0. The van der Waals surface area contributed by atoms with Crippen LogP contribution in [-0.4, -0.2) is 4.98 Å². The van der Waals surface area contributed by atoms with Crippen molar-refractivity contribution in [1.29, 1.82) is 5.26 Å². The lowest BCUT2D eigenvalue weighted by Crippen LogP contribution is -1.84. The molecule has 0 atom stereocenters. The van der Waals surface area contributed by atoms with Crippen LogP contribution in [0.5, 0.6) is 0 Å². The molecule has 1 aromatic carbocycles. The molecule has 0 saturated heterocycles. The lowest BCUT2D eigenvalue weighted by Gasteiger charge is -2.00. The second-order valence-corrected chi connectivity index (χ2v) is 4.18. The molecule has 0 fully saturated rings. The van der Waals surface area contributed by atoms with Gasteiger partial charge in [0, 0.05) is 4.47 Å². The van der Waals surface area contributed by atoms with Crippen molar-refractivity contribution >= 4 is 33.4 Å². The van der Waals surface area contributed by atoms with Crippen molar-refractivity contribution in [3.8, 4) is 17.5 Å². The molecule has 0 aliphatic rings. The average Bonchev–Trinajstić information content (AvgIpc) is 2.63. The Morgan fingerprint density at radius 3 is 2.88 bits per heavy atom. The molecular weight excluding hydrogens is 293 g/mol. The Morgan fingerprint density at radius 1 is 1.50 bits per heavy atom. The summed E-state index contributed by atoms with van der Waals surface area (Å²) in [5, 5.41) is 9.17. The molecule has 16 heavy (non-hydrogen) atoms. The van der Waals surface area contributed by atoms with Gasteiger partial charge in [0.05, 0.1) is 10.6 Å². The number of rotatable bonds is 1. The second kappa shape index (κ2) is 4.16. The third kappa shape index (κ3) is 1.77. The molecule has 2 N–H and O–H groups in total. The van der Waals surface area contributed by atoms with E-state index < -0.39 is 0 Å². The summed E-state index contributed by atoms with van der Waals surface area (Å²) in [5.41, 5.74) is 6.12. The van der Waals surface area contributed by atoms with Crippen molar-refractivity contribution in [3.05, 3.63) is 33.4 Å². The number of anilines is 1. The first-order valence-corrected chi connectivity index (χ1v) is 5.41. The van der Waals surface area contributed by atoms with E-state index >= 15 is 0 Å². The van der Waals surface area contributed by atoms with Crippen LogP contribution in [0.25, 0.3) is 11.5 Å². The van der Waals surface area contributed by atoms with Gasteiger partial charge in [-0.1, -0.05) is 17.7 Å². The van der Waals surface area contributed by atoms with Gasteiger partial charge in [-0.2, -0.15) is 10.2 Å². The van der Waals surface area contributed by atoms with E-state index in [0.717, 1.165) is 4.47 Å². The fourth-order valence-corrected chi connectivity index (χ4v) is 1.77. The van der Waals surface area contributed by atoms with E-state index in [9.17, 15) is 0 Å². The van der Waals surface area contributed by atoms with Crippen LogP contribution in [0.15, 0.2) is 27.1 Å². The lowest BCUT2D eigenvalue weighted by molar-refractivity contribution is 0.593. The highest BCUT2D eigenvalue weighted by molar-refractivity contribution is 9.10. The van der Waals surface area contributed by atoms with E-state index in [0.29, 0.717) is 10.6 Å². The molecular formula is C10H5BrClN3O. The fourth-order valence-electron chi connectivity index (χ4n) is 1.20. The summed E-state index contributed by atoms with van der Waals surface area (Å²) >= 11 is 9.35. The number of oxazole rings is 1. The predicted molar refractivity (Wildman–Crippen MR) is 63.8 cm³/mol. The first-order valence-electron chi connectivity index (χ1n) is 4.24. The SMILES string of the molecule is N#Cc1nc(-c2cccc(Br)c2Cl)oc1N. The highest BCUT2D eigenvalue weighted by Crippen LogP contribution is 2.34. The maximum atomic E-state index is 8.71.